The van der Waals surface area contributed by atoms with Crippen LogP contribution in [-0.2, 0) is 22.5 Å². The first kappa shape index (κ1) is 14.7. The molecule has 1 aromatic rings. The normalized spacial score (nSPS) is 14.0. The van der Waals surface area contributed by atoms with Crippen molar-refractivity contribution in [2.45, 2.75) is 39.0 Å². The van der Waals surface area contributed by atoms with Gasteiger partial charge in [-0.15, -0.1) is 0 Å². The Morgan fingerprint density at radius 2 is 1.89 bits per heavy atom. The Bertz CT molecular complexity index is 373. The Balaban J connectivity index is 2.58. The average molecular weight is 251 g/mol. The largest absolute Gasteiger partial charge is 0.468 e. The predicted octanol–water partition coefficient (Wildman–Crippen LogP) is 1.26. The number of carbonyl (C=O) groups is 1. The summed E-state index contributed by atoms with van der Waals surface area (Å²) < 4.78 is 4.64. The minimum Gasteiger partial charge on any atom is -0.468 e. The van der Waals surface area contributed by atoms with Gasteiger partial charge in [0.1, 0.15) is 6.04 Å². The molecule has 4 heteroatoms. The van der Waals surface area contributed by atoms with Gasteiger partial charge in [0.05, 0.1) is 13.2 Å². The molecular weight excluding hydrogens is 230 g/mol. The number of aryl methyl sites for hydroxylation is 1. The Kier molecular flexibility index (Phi) is 5.82. The van der Waals surface area contributed by atoms with E-state index >= 15 is 0 Å². The summed E-state index contributed by atoms with van der Waals surface area (Å²) in [5.74, 6) is -0.449. The number of aliphatic hydroxyl groups excluding tert-OH is 1. The smallest absolute Gasteiger partial charge is 0.325 e. The summed E-state index contributed by atoms with van der Waals surface area (Å²) in [7, 11) is 1.31. The molecule has 0 bridgehead atoms. The van der Waals surface area contributed by atoms with Crippen LogP contribution in [0.25, 0.3) is 0 Å². The highest BCUT2D eigenvalue weighted by Gasteiger charge is 2.23. The maximum atomic E-state index is 11.4. The number of aliphatic hydroxyl groups is 1. The number of hydrogen-bond acceptors (Lipinski definition) is 4. The highest BCUT2D eigenvalue weighted by atomic mass is 16.5. The Labute approximate surface area is 108 Å². The molecular formula is C14H21NO3. The van der Waals surface area contributed by atoms with Crippen LogP contribution in [0.15, 0.2) is 24.3 Å². The van der Waals surface area contributed by atoms with E-state index in [4.69, 9.17) is 0 Å². The number of ether oxygens (including phenoxy) is 1. The number of carbonyl (C=O) groups excluding carboxylic acids is 1. The van der Waals surface area contributed by atoms with E-state index in [1.54, 1.807) is 6.92 Å². The van der Waals surface area contributed by atoms with Crippen LogP contribution in [0.2, 0.25) is 0 Å². The van der Waals surface area contributed by atoms with Crippen molar-refractivity contribution in [1.82, 2.24) is 5.32 Å². The van der Waals surface area contributed by atoms with Gasteiger partial charge in [0.25, 0.3) is 0 Å². The molecule has 0 amide bonds. The molecule has 0 saturated heterocycles. The van der Waals surface area contributed by atoms with E-state index in [2.05, 4.69) is 29.1 Å². The summed E-state index contributed by atoms with van der Waals surface area (Å²) in [5, 5.41) is 12.5. The fraction of sp³-hybridized carbons (Fsp3) is 0.500. The highest BCUT2D eigenvalue weighted by Crippen LogP contribution is 2.06. The molecule has 0 aliphatic heterocycles. The van der Waals surface area contributed by atoms with E-state index in [0.29, 0.717) is 6.54 Å². The Hall–Kier alpha value is -1.39. The second-order valence-corrected chi connectivity index (χ2v) is 4.29. The lowest BCUT2D eigenvalue weighted by molar-refractivity contribution is -0.145. The zero-order valence-corrected chi connectivity index (χ0v) is 11.1. The topological polar surface area (TPSA) is 58.6 Å². The monoisotopic (exact) mass is 251 g/mol. The first-order valence-electron chi connectivity index (χ1n) is 6.15. The van der Waals surface area contributed by atoms with Crippen LogP contribution in [0, 0.1) is 0 Å². The van der Waals surface area contributed by atoms with Crippen LogP contribution in [-0.4, -0.2) is 30.3 Å². The fourth-order valence-electron chi connectivity index (χ4n) is 1.70. The van der Waals surface area contributed by atoms with Crippen molar-refractivity contribution >= 4 is 5.97 Å². The van der Waals surface area contributed by atoms with Crippen molar-refractivity contribution in [3.63, 3.8) is 0 Å². The van der Waals surface area contributed by atoms with Crippen molar-refractivity contribution in [1.29, 1.82) is 0 Å². The molecule has 0 radical (unpaired) electrons. The molecule has 2 atom stereocenters. The van der Waals surface area contributed by atoms with Crippen LogP contribution in [0.4, 0.5) is 0 Å². The lowest BCUT2D eigenvalue weighted by Crippen LogP contribution is -2.45. The number of methoxy groups -OCH3 is 1. The minimum absolute atomic E-state index is 0.449. The molecule has 18 heavy (non-hydrogen) atoms. The van der Waals surface area contributed by atoms with Crippen LogP contribution >= 0.6 is 0 Å². The van der Waals surface area contributed by atoms with Crippen molar-refractivity contribution in [3.05, 3.63) is 35.4 Å². The summed E-state index contributed by atoms with van der Waals surface area (Å²) >= 11 is 0. The third-order valence-electron chi connectivity index (χ3n) is 2.89. The van der Waals surface area contributed by atoms with Crippen molar-refractivity contribution in [3.8, 4) is 0 Å². The molecule has 0 saturated carbocycles. The Morgan fingerprint density at radius 3 is 2.33 bits per heavy atom. The molecule has 100 valence electrons. The lowest BCUT2D eigenvalue weighted by Gasteiger charge is -2.19. The van der Waals surface area contributed by atoms with E-state index < -0.39 is 18.1 Å². The van der Waals surface area contributed by atoms with Gasteiger partial charge in [-0.05, 0) is 24.5 Å². The number of rotatable bonds is 6. The van der Waals surface area contributed by atoms with Crippen LogP contribution < -0.4 is 5.32 Å². The van der Waals surface area contributed by atoms with Gasteiger partial charge in [-0.1, -0.05) is 31.2 Å². The van der Waals surface area contributed by atoms with Gasteiger partial charge in [0, 0.05) is 6.54 Å². The molecule has 4 nitrogen and oxygen atoms in total. The van der Waals surface area contributed by atoms with Gasteiger partial charge < -0.3 is 9.84 Å². The highest BCUT2D eigenvalue weighted by molar-refractivity contribution is 5.76. The average Bonchev–Trinajstić information content (AvgIpc) is 2.39. The molecule has 2 N–H and O–H groups in total. The summed E-state index contributed by atoms with van der Waals surface area (Å²) in [6, 6.07) is 7.46. The molecule has 0 aliphatic rings. The van der Waals surface area contributed by atoms with Gasteiger partial charge in [-0.2, -0.15) is 0 Å². The predicted molar refractivity (Wildman–Crippen MR) is 70.1 cm³/mol. The zero-order valence-electron chi connectivity index (χ0n) is 11.1. The summed E-state index contributed by atoms with van der Waals surface area (Å²) in [4.78, 5) is 11.4. The number of esters is 1. The van der Waals surface area contributed by atoms with Crippen LogP contribution in [0.5, 0.6) is 0 Å². The molecule has 0 aromatic heterocycles. The van der Waals surface area contributed by atoms with Crippen LogP contribution in [0.1, 0.15) is 25.0 Å². The standard InChI is InChI=1S/C14H21NO3/c1-4-11-5-7-12(8-6-11)9-15-13(10(2)16)14(17)18-3/h5-8,10,13,15-16H,4,9H2,1-3H3/t10-,13+/m1/s1. The van der Waals surface area contributed by atoms with E-state index in [1.807, 2.05) is 12.1 Å². The van der Waals surface area contributed by atoms with E-state index in [9.17, 15) is 9.90 Å². The van der Waals surface area contributed by atoms with E-state index in [0.717, 1.165) is 12.0 Å². The fourth-order valence-corrected chi connectivity index (χ4v) is 1.70. The molecule has 0 aliphatic carbocycles. The third-order valence-corrected chi connectivity index (χ3v) is 2.89. The van der Waals surface area contributed by atoms with Crippen molar-refractivity contribution in [2.75, 3.05) is 7.11 Å². The molecule has 0 spiro atoms. The maximum absolute atomic E-state index is 11.4. The van der Waals surface area contributed by atoms with Gasteiger partial charge in [-0.25, -0.2) is 0 Å². The zero-order chi connectivity index (χ0) is 13.5. The minimum atomic E-state index is -0.785. The Morgan fingerprint density at radius 1 is 1.33 bits per heavy atom. The van der Waals surface area contributed by atoms with Gasteiger partial charge in [0.2, 0.25) is 0 Å². The van der Waals surface area contributed by atoms with Gasteiger partial charge >= 0.3 is 5.97 Å². The van der Waals surface area contributed by atoms with E-state index in [1.165, 1.54) is 12.7 Å². The molecule has 1 rings (SSSR count). The maximum Gasteiger partial charge on any atom is 0.325 e. The number of hydrogen-bond donors (Lipinski definition) is 2. The number of nitrogens with one attached hydrogen (secondary N) is 1. The van der Waals surface area contributed by atoms with E-state index in [-0.39, 0.29) is 0 Å². The van der Waals surface area contributed by atoms with Crippen molar-refractivity contribution in [2.24, 2.45) is 0 Å². The summed E-state index contributed by atoms with van der Waals surface area (Å²) in [6.07, 6.45) is 0.221. The molecule has 1 aromatic carbocycles. The number of benzene rings is 1. The summed E-state index contributed by atoms with van der Waals surface area (Å²) in [5.41, 5.74) is 2.35. The molecule has 0 unspecified atom stereocenters. The SMILES string of the molecule is CCc1ccc(CN[C@H](C(=O)OC)[C@@H](C)O)cc1. The molecule has 0 fully saturated rings. The van der Waals surface area contributed by atoms with Crippen LogP contribution in [0.3, 0.4) is 0 Å². The summed E-state index contributed by atoms with van der Waals surface area (Å²) in [6.45, 7) is 4.19. The molecule has 0 heterocycles. The third kappa shape index (κ3) is 4.13. The second kappa shape index (κ2) is 7.13. The lowest BCUT2D eigenvalue weighted by atomic mass is 10.1. The first-order valence-corrected chi connectivity index (χ1v) is 6.15. The van der Waals surface area contributed by atoms with Gasteiger partial charge in [-0.3, -0.25) is 10.1 Å². The quantitative estimate of drug-likeness (QED) is 0.747. The van der Waals surface area contributed by atoms with Gasteiger partial charge in [0.15, 0.2) is 0 Å². The first-order chi connectivity index (χ1) is 8.58. The van der Waals surface area contributed by atoms with Crippen molar-refractivity contribution < 1.29 is 14.6 Å². The second-order valence-electron chi connectivity index (χ2n) is 4.29.